The lowest BCUT2D eigenvalue weighted by atomic mass is 10.1. The number of benzene rings is 1. The lowest BCUT2D eigenvalue weighted by molar-refractivity contribution is 0.527. The zero-order valence-corrected chi connectivity index (χ0v) is 15.5. The monoisotopic (exact) mass is 353 g/mol. The second kappa shape index (κ2) is 6.96. The molecule has 0 bridgehead atoms. The van der Waals surface area contributed by atoms with Crippen LogP contribution in [-0.2, 0) is 6.42 Å². The second-order valence-corrected chi connectivity index (χ2v) is 7.58. The molecule has 3 aromatic rings. The summed E-state index contributed by atoms with van der Waals surface area (Å²) < 4.78 is 1.25. The van der Waals surface area contributed by atoms with E-state index in [2.05, 4.69) is 52.2 Å². The van der Waals surface area contributed by atoms with Gasteiger partial charge in [-0.25, -0.2) is 15.0 Å². The fourth-order valence-electron chi connectivity index (χ4n) is 3.35. The Morgan fingerprint density at radius 1 is 1.28 bits per heavy atom. The standard InChI is InChI=1S/C19H23N5S/c1-3-15-13(2)11-20-18(22-15)21-14-7-6-10-24(12-14)19-23-16-8-4-5-9-17(16)25-19/h4-5,8-9,11,14H,3,6-7,10,12H2,1-2H3,(H,20,21,22)/t14-/m0/s1. The van der Waals surface area contributed by atoms with E-state index in [1.54, 1.807) is 11.3 Å². The Balaban J connectivity index is 1.49. The summed E-state index contributed by atoms with van der Waals surface area (Å²) in [7, 11) is 0. The van der Waals surface area contributed by atoms with Crippen molar-refractivity contribution >= 4 is 32.6 Å². The number of hydrogen-bond donors (Lipinski definition) is 1. The van der Waals surface area contributed by atoms with Crippen LogP contribution in [-0.4, -0.2) is 34.1 Å². The zero-order valence-electron chi connectivity index (χ0n) is 14.7. The molecule has 0 amide bonds. The highest BCUT2D eigenvalue weighted by Gasteiger charge is 2.23. The van der Waals surface area contributed by atoms with E-state index >= 15 is 0 Å². The van der Waals surface area contributed by atoms with E-state index in [1.807, 2.05) is 12.3 Å². The molecule has 0 saturated carbocycles. The van der Waals surface area contributed by atoms with Crippen LogP contribution in [0.2, 0.25) is 0 Å². The van der Waals surface area contributed by atoms with Gasteiger partial charge in [0.2, 0.25) is 5.95 Å². The molecule has 1 saturated heterocycles. The highest BCUT2D eigenvalue weighted by Crippen LogP contribution is 2.30. The summed E-state index contributed by atoms with van der Waals surface area (Å²) >= 11 is 1.78. The van der Waals surface area contributed by atoms with Gasteiger partial charge < -0.3 is 10.2 Å². The first-order valence-corrected chi connectivity index (χ1v) is 9.74. The molecule has 1 aromatic carbocycles. The summed E-state index contributed by atoms with van der Waals surface area (Å²) in [5, 5.41) is 4.65. The van der Waals surface area contributed by atoms with Gasteiger partial charge in [-0.2, -0.15) is 0 Å². The third kappa shape index (κ3) is 3.44. The van der Waals surface area contributed by atoms with E-state index in [0.717, 1.165) is 60.2 Å². The Bertz CT molecular complexity index is 842. The van der Waals surface area contributed by atoms with Crippen molar-refractivity contribution in [3.8, 4) is 0 Å². The number of aryl methyl sites for hydroxylation is 2. The van der Waals surface area contributed by atoms with Crippen LogP contribution in [0.1, 0.15) is 31.0 Å². The Morgan fingerprint density at radius 3 is 3.00 bits per heavy atom. The molecule has 0 spiro atoms. The average Bonchev–Trinajstić information content (AvgIpc) is 3.08. The van der Waals surface area contributed by atoms with Gasteiger partial charge >= 0.3 is 0 Å². The maximum absolute atomic E-state index is 4.80. The highest BCUT2D eigenvalue weighted by molar-refractivity contribution is 7.22. The minimum atomic E-state index is 0.355. The van der Waals surface area contributed by atoms with Crippen molar-refractivity contribution in [1.29, 1.82) is 0 Å². The topological polar surface area (TPSA) is 53.9 Å². The van der Waals surface area contributed by atoms with Crippen molar-refractivity contribution in [1.82, 2.24) is 15.0 Å². The second-order valence-electron chi connectivity index (χ2n) is 6.57. The molecule has 130 valence electrons. The Hall–Kier alpha value is -2.21. The number of para-hydroxylation sites is 1. The quantitative estimate of drug-likeness (QED) is 0.767. The van der Waals surface area contributed by atoms with Crippen LogP contribution in [0, 0.1) is 6.92 Å². The molecule has 1 fully saturated rings. The molecular formula is C19H23N5S. The maximum atomic E-state index is 4.80. The van der Waals surface area contributed by atoms with Crippen LogP contribution in [0.5, 0.6) is 0 Å². The number of rotatable bonds is 4. The Kier molecular flexibility index (Phi) is 4.53. The average molecular weight is 353 g/mol. The number of nitrogens with one attached hydrogen (secondary N) is 1. The SMILES string of the molecule is CCc1nc(N[C@H]2CCCN(c3nc4ccccc4s3)C2)ncc1C. The molecule has 1 aliphatic rings. The number of piperidine rings is 1. The number of nitrogens with zero attached hydrogens (tertiary/aromatic N) is 4. The van der Waals surface area contributed by atoms with Crippen LogP contribution in [0.3, 0.4) is 0 Å². The van der Waals surface area contributed by atoms with Crippen LogP contribution in [0.15, 0.2) is 30.5 Å². The first-order valence-electron chi connectivity index (χ1n) is 8.92. The highest BCUT2D eigenvalue weighted by atomic mass is 32.1. The van der Waals surface area contributed by atoms with Crippen LogP contribution in [0.4, 0.5) is 11.1 Å². The number of fused-ring (bicyclic) bond motifs is 1. The molecule has 2 aromatic heterocycles. The lowest BCUT2D eigenvalue weighted by Gasteiger charge is -2.33. The van der Waals surface area contributed by atoms with Gasteiger partial charge in [0, 0.05) is 31.0 Å². The number of hydrogen-bond acceptors (Lipinski definition) is 6. The molecule has 1 aliphatic heterocycles. The van der Waals surface area contributed by atoms with Crippen LogP contribution in [0.25, 0.3) is 10.2 Å². The Labute approximate surface area is 152 Å². The summed E-state index contributed by atoms with van der Waals surface area (Å²) in [6.45, 7) is 6.21. The van der Waals surface area contributed by atoms with Gasteiger partial charge in [-0.05, 0) is 43.9 Å². The molecule has 5 nitrogen and oxygen atoms in total. The summed E-state index contributed by atoms with van der Waals surface area (Å²) in [5.74, 6) is 0.749. The minimum absolute atomic E-state index is 0.355. The van der Waals surface area contributed by atoms with Crippen molar-refractivity contribution < 1.29 is 0 Å². The summed E-state index contributed by atoms with van der Waals surface area (Å²) in [5.41, 5.74) is 3.37. The predicted molar refractivity (Wildman–Crippen MR) is 105 cm³/mol. The van der Waals surface area contributed by atoms with Gasteiger partial charge in [0.05, 0.1) is 10.2 Å². The van der Waals surface area contributed by atoms with Crippen molar-refractivity contribution in [2.75, 3.05) is 23.3 Å². The minimum Gasteiger partial charge on any atom is -0.350 e. The third-order valence-electron chi connectivity index (χ3n) is 4.72. The molecule has 1 atom stereocenters. The summed E-state index contributed by atoms with van der Waals surface area (Å²) in [4.78, 5) is 16.3. The molecule has 0 unspecified atom stereocenters. The van der Waals surface area contributed by atoms with Gasteiger partial charge in [-0.1, -0.05) is 30.4 Å². The first-order chi connectivity index (χ1) is 12.2. The molecule has 6 heteroatoms. The fourth-order valence-corrected chi connectivity index (χ4v) is 4.35. The fraction of sp³-hybridized carbons (Fsp3) is 0.421. The van der Waals surface area contributed by atoms with Gasteiger partial charge in [0.15, 0.2) is 5.13 Å². The van der Waals surface area contributed by atoms with E-state index in [-0.39, 0.29) is 0 Å². The smallest absolute Gasteiger partial charge is 0.223 e. The number of aromatic nitrogens is 3. The van der Waals surface area contributed by atoms with Crippen molar-refractivity contribution in [3.05, 3.63) is 41.7 Å². The van der Waals surface area contributed by atoms with Crippen LogP contribution >= 0.6 is 11.3 Å². The van der Waals surface area contributed by atoms with Crippen molar-refractivity contribution in [3.63, 3.8) is 0 Å². The normalized spacial score (nSPS) is 17.8. The van der Waals surface area contributed by atoms with Gasteiger partial charge in [-0.3, -0.25) is 0 Å². The largest absolute Gasteiger partial charge is 0.350 e. The molecule has 1 N–H and O–H groups in total. The number of anilines is 2. The lowest BCUT2D eigenvalue weighted by Crippen LogP contribution is -2.42. The summed E-state index contributed by atoms with van der Waals surface area (Å²) in [6, 6.07) is 8.70. The van der Waals surface area contributed by atoms with E-state index in [1.165, 1.54) is 4.70 Å². The molecule has 25 heavy (non-hydrogen) atoms. The molecule has 4 rings (SSSR count). The Morgan fingerprint density at radius 2 is 2.16 bits per heavy atom. The van der Waals surface area contributed by atoms with Gasteiger partial charge in [0.25, 0.3) is 0 Å². The van der Waals surface area contributed by atoms with E-state index in [4.69, 9.17) is 4.98 Å². The third-order valence-corrected chi connectivity index (χ3v) is 5.82. The van der Waals surface area contributed by atoms with Gasteiger partial charge in [0.1, 0.15) is 0 Å². The predicted octanol–water partition coefficient (Wildman–Crippen LogP) is 4.04. The number of thiazole rings is 1. The molecule has 3 heterocycles. The van der Waals surface area contributed by atoms with Gasteiger partial charge in [-0.15, -0.1) is 0 Å². The maximum Gasteiger partial charge on any atom is 0.223 e. The van der Waals surface area contributed by atoms with Crippen LogP contribution < -0.4 is 10.2 Å². The van der Waals surface area contributed by atoms with E-state index in [0.29, 0.717) is 6.04 Å². The zero-order chi connectivity index (χ0) is 17.2. The van der Waals surface area contributed by atoms with Crippen molar-refractivity contribution in [2.24, 2.45) is 0 Å². The first kappa shape index (κ1) is 16.3. The summed E-state index contributed by atoms with van der Waals surface area (Å²) in [6.07, 6.45) is 5.15. The van der Waals surface area contributed by atoms with Crippen molar-refractivity contribution in [2.45, 2.75) is 39.2 Å². The molecule has 0 radical (unpaired) electrons. The molecular weight excluding hydrogens is 330 g/mol. The van der Waals surface area contributed by atoms with E-state index in [9.17, 15) is 0 Å². The van der Waals surface area contributed by atoms with E-state index < -0.39 is 0 Å². The molecule has 0 aliphatic carbocycles.